The molecule has 0 saturated carbocycles. The summed E-state index contributed by atoms with van der Waals surface area (Å²) >= 11 is 0. The molecule has 0 bridgehead atoms. The number of amides is 2. The van der Waals surface area contributed by atoms with Crippen molar-refractivity contribution in [3.63, 3.8) is 0 Å². The van der Waals surface area contributed by atoms with E-state index < -0.39 is 76.0 Å². The lowest BCUT2D eigenvalue weighted by atomic mass is 10.2. The van der Waals surface area contributed by atoms with Crippen molar-refractivity contribution in [3.05, 3.63) is 115 Å². The van der Waals surface area contributed by atoms with Crippen LogP contribution in [0.3, 0.4) is 0 Å². The number of rotatable bonds is 18. The molecule has 20 heteroatoms. The van der Waals surface area contributed by atoms with Gasteiger partial charge in [-0.15, -0.1) is 0 Å². The smallest absolute Gasteiger partial charge is 0.273 e. The molecule has 57 heavy (non-hydrogen) atoms. The van der Waals surface area contributed by atoms with Crippen molar-refractivity contribution < 1.29 is 45.7 Å². The molecule has 2 N–H and O–H groups in total. The molecule has 304 valence electrons. The van der Waals surface area contributed by atoms with Gasteiger partial charge in [0.25, 0.3) is 31.4 Å². The van der Waals surface area contributed by atoms with E-state index in [0.717, 1.165) is 20.7 Å². The molecule has 18 nitrogen and oxygen atoms in total. The number of aryl methyl sites for hydroxylation is 4. The fraction of sp³-hybridized carbons (Fsp3) is 0.297. The highest BCUT2D eigenvalue weighted by molar-refractivity contribution is 7.93. The maximum Gasteiger partial charge on any atom is 0.273 e. The van der Waals surface area contributed by atoms with Crippen molar-refractivity contribution in [2.45, 2.75) is 43.9 Å². The van der Waals surface area contributed by atoms with Gasteiger partial charge in [-0.05, 0) is 81.6 Å². The average molecular weight is 827 g/mol. The van der Waals surface area contributed by atoms with E-state index in [9.17, 15) is 46.7 Å². The van der Waals surface area contributed by atoms with Crippen LogP contribution in [0.1, 0.15) is 28.7 Å². The van der Waals surface area contributed by atoms with Crippen LogP contribution in [0.15, 0.2) is 82.6 Å². The number of carbonyl (C=O) groups excluding carboxylic acids is 2. The van der Waals surface area contributed by atoms with Gasteiger partial charge >= 0.3 is 0 Å². The summed E-state index contributed by atoms with van der Waals surface area (Å²) in [4.78, 5) is 47.5. The predicted molar refractivity (Wildman–Crippen MR) is 211 cm³/mol. The lowest BCUT2D eigenvalue weighted by Gasteiger charge is -2.26. The first kappa shape index (κ1) is 43.4. The fourth-order valence-electron chi connectivity index (χ4n) is 5.65. The van der Waals surface area contributed by atoms with Crippen molar-refractivity contribution in [2.24, 2.45) is 0 Å². The minimum atomic E-state index is -4.57. The molecule has 0 aliphatic heterocycles. The van der Waals surface area contributed by atoms with E-state index in [1.807, 2.05) is 0 Å². The molecular weight excluding hydrogens is 785 g/mol. The molecule has 2 amide bonds. The number of nitro groups is 2. The molecule has 0 spiro atoms. The van der Waals surface area contributed by atoms with Crippen LogP contribution in [0.4, 0.5) is 22.7 Å². The lowest BCUT2D eigenvalue weighted by molar-refractivity contribution is -0.385. The third-order valence-electron chi connectivity index (χ3n) is 8.71. The summed E-state index contributed by atoms with van der Waals surface area (Å²) in [6, 6.07) is 16.3. The third kappa shape index (κ3) is 10.1. The molecule has 0 aliphatic rings. The van der Waals surface area contributed by atoms with Crippen LogP contribution >= 0.6 is 0 Å². The SMILES string of the molecule is COc1ccc(C)cc1N(CC(=O)NCCCNC(=O)CN(c1cc(C)ccc1OC)S(=O)(=O)c1ccc(C)c([N+](=O)[O-])c1)S(=O)(=O)c1ccc(C)c([N+](=O)[O-])c1. The van der Waals surface area contributed by atoms with Gasteiger partial charge in [0.2, 0.25) is 11.8 Å². The van der Waals surface area contributed by atoms with E-state index >= 15 is 0 Å². The zero-order valence-electron chi connectivity index (χ0n) is 32.0. The first-order chi connectivity index (χ1) is 26.8. The Hall–Kier alpha value is -6.28. The Morgan fingerprint density at radius 2 is 0.982 bits per heavy atom. The van der Waals surface area contributed by atoms with Gasteiger partial charge in [-0.1, -0.05) is 24.3 Å². The topological polar surface area (TPSA) is 238 Å². The predicted octanol–water partition coefficient (Wildman–Crippen LogP) is 4.47. The number of anilines is 2. The van der Waals surface area contributed by atoms with E-state index in [1.165, 1.54) is 76.6 Å². The Labute approximate surface area is 329 Å². The van der Waals surface area contributed by atoms with Crippen molar-refractivity contribution in [3.8, 4) is 11.5 Å². The van der Waals surface area contributed by atoms with Crippen LogP contribution in [0.5, 0.6) is 11.5 Å². The Bertz CT molecular complexity index is 2260. The van der Waals surface area contributed by atoms with Gasteiger partial charge in [-0.2, -0.15) is 0 Å². The van der Waals surface area contributed by atoms with Gasteiger partial charge in [0.1, 0.15) is 24.6 Å². The van der Waals surface area contributed by atoms with Gasteiger partial charge < -0.3 is 20.1 Å². The molecule has 0 radical (unpaired) electrons. The number of nitro benzene ring substituents is 2. The third-order valence-corrected chi connectivity index (χ3v) is 12.2. The molecule has 4 aromatic carbocycles. The zero-order chi connectivity index (χ0) is 42.2. The maximum absolute atomic E-state index is 14.0. The Kier molecular flexibility index (Phi) is 13.8. The summed E-state index contributed by atoms with van der Waals surface area (Å²) in [7, 11) is -6.48. The van der Waals surface area contributed by atoms with Gasteiger partial charge in [-0.25, -0.2) is 16.8 Å². The summed E-state index contributed by atoms with van der Waals surface area (Å²) < 4.78 is 68.3. The van der Waals surface area contributed by atoms with Crippen molar-refractivity contribution in [1.82, 2.24) is 10.6 Å². The number of carbonyl (C=O) groups is 2. The summed E-state index contributed by atoms with van der Waals surface area (Å²) in [6.07, 6.45) is 0.132. The first-order valence-electron chi connectivity index (χ1n) is 17.2. The Balaban J connectivity index is 1.49. The molecular formula is C37H42N6O12S2. The summed E-state index contributed by atoms with van der Waals surface area (Å²) in [6.45, 7) is 4.78. The van der Waals surface area contributed by atoms with E-state index in [4.69, 9.17) is 9.47 Å². The number of hydrogen-bond acceptors (Lipinski definition) is 12. The zero-order valence-corrected chi connectivity index (χ0v) is 33.6. The highest BCUT2D eigenvalue weighted by atomic mass is 32.2. The number of benzene rings is 4. The van der Waals surface area contributed by atoms with Crippen LogP contribution in [-0.2, 0) is 29.6 Å². The van der Waals surface area contributed by atoms with Crippen molar-refractivity contribution in [2.75, 3.05) is 49.0 Å². The minimum absolute atomic E-state index is 0.0214. The van der Waals surface area contributed by atoms with Gasteiger partial charge in [0.15, 0.2) is 0 Å². The summed E-state index contributed by atoms with van der Waals surface area (Å²) in [5.74, 6) is -1.24. The molecule has 0 aromatic heterocycles. The molecule has 0 fully saturated rings. The Morgan fingerprint density at radius 1 is 0.614 bits per heavy atom. The van der Waals surface area contributed by atoms with Crippen LogP contribution in [0.25, 0.3) is 0 Å². The number of nitrogens with zero attached hydrogens (tertiary/aromatic N) is 4. The summed E-state index contributed by atoms with van der Waals surface area (Å²) in [5.41, 5.74) is 0.971. The molecule has 4 aromatic rings. The molecule has 0 aliphatic carbocycles. The quantitative estimate of drug-likeness (QED) is 0.0803. The largest absolute Gasteiger partial charge is 0.495 e. The number of ether oxygens (including phenoxy) is 2. The number of hydrogen-bond donors (Lipinski definition) is 2. The van der Waals surface area contributed by atoms with E-state index in [2.05, 4.69) is 10.6 Å². The second-order valence-corrected chi connectivity index (χ2v) is 16.6. The lowest BCUT2D eigenvalue weighted by Crippen LogP contribution is -2.43. The molecule has 0 unspecified atom stereocenters. The normalized spacial score (nSPS) is 11.3. The average Bonchev–Trinajstić information content (AvgIpc) is 3.15. The van der Waals surface area contributed by atoms with E-state index in [0.29, 0.717) is 11.1 Å². The van der Waals surface area contributed by atoms with Crippen LogP contribution in [-0.4, -0.2) is 78.9 Å². The number of nitrogens with one attached hydrogen (secondary N) is 2. The molecule has 0 atom stereocenters. The Morgan fingerprint density at radius 3 is 1.32 bits per heavy atom. The highest BCUT2D eigenvalue weighted by Gasteiger charge is 2.33. The van der Waals surface area contributed by atoms with Gasteiger partial charge in [0, 0.05) is 36.3 Å². The minimum Gasteiger partial charge on any atom is -0.495 e. The summed E-state index contributed by atoms with van der Waals surface area (Å²) in [5, 5.41) is 28.4. The second-order valence-electron chi connectivity index (χ2n) is 12.8. The first-order valence-corrected chi connectivity index (χ1v) is 20.1. The fourth-order valence-corrected chi connectivity index (χ4v) is 8.54. The van der Waals surface area contributed by atoms with Gasteiger partial charge in [-0.3, -0.25) is 38.4 Å². The second kappa shape index (κ2) is 18.1. The highest BCUT2D eigenvalue weighted by Crippen LogP contribution is 2.36. The van der Waals surface area contributed by atoms with Gasteiger partial charge in [0.05, 0.1) is 45.2 Å². The van der Waals surface area contributed by atoms with Crippen molar-refractivity contribution >= 4 is 54.6 Å². The standard InChI is InChI=1S/C37H42N6O12S2/c1-24-8-14-34(54-5)32(18-24)40(56(50,51)28-12-10-26(3)30(20-28)42(46)47)22-36(44)38-16-7-17-39-37(45)23-41(33-19-25(2)9-15-35(33)55-6)57(52,53)29-13-11-27(4)31(21-29)43(48)49/h8-15,18-21H,7,16-17,22-23H2,1-6H3,(H,38,44)(H,39,45). The van der Waals surface area contributed by atoms with Crippen LogP contribution in [0, 0.1) is 47.9 Å². The van der Waals surface area contributed by atoms with Crippen molar-refractivity contribution in [1.29, 1.82) is 0 Å². The van der Waals surface area contributed by atoms with E-state index in [1.54, 1.807) is 26.0 Å². The molecule has 0 saturated heterocycles. The van der Waals surface area contributed by atoms with Crippen LogP contribution in [0.2, 0.25) is 0 Å². The van der Waals surface area contributed by atoms with E-state index in [-0.39, 0.29) is 53.5 Å². The molecule has 4 rings (SSSR count). The monoisotopic (exact) mass is 826 g/mol. The maximum atomic E-state index is 14.0. The molecule has 0 heterocycles. The number of methoxy groups -OCH3 is 2. The number of sulfonamides is 2. The van der Waals surface area contributed by atoms with Crippen LogP contribution < -0.4 is 28.7 Å².